The lowest BCUT2D eigenvalue weighted by Crippen LogP contribution is -1.94. The summed E-state index contributed by atoms with van der Waals surface area (Å²) in [7, 11) is 0. The fourth-order valence-electron chi connectivity index (χ4n) is 2.15. The molecule has 0 aliphatic heterocycles. The van der Waals surface area contributed by atoms with E-state index in [-0.39, 0.29) is 0 Å². The lowest BCUT2D eigenvalue weighted by Gasteiger charge is -2.11. The minimum Gasteiger partial charge on any atom is -0.265 e. The number of fused-ring (bicyclic) bond motifs is 1. The highest BCUT2D eigenvalue weighted by molar-refractivity contribution is 5.69. The molecule has 1 nitrogen and oxygen atoms in total. The average Bonchev–Trinajstić information content (AvgIpc) is 2.50. The second-order valence-corrected chi connectivity index (χ2v) is 4.09. The highest BCUT2D eigenvalue weighted by Gasteiger charge is 2.05. The van der Waals surface area contributed by atoms with Gasteiger partial charge in [0.1, 0.15) is 0 Å². The van der Waals surface area contributed by atoms with Gasteiger partial charge in [-0.3, -0.25) is 4.98 Å². The van der Waals surface area contributed by atoms with Crippen LogP contribution in [0.2, 0.25) is 0 Å². The predicted octanol–water partition coefficient (Wildman–Crippen LogP) is 4.73. The normalized spacial score (nSPS) is 12.3. The van der Waals surface area contributed by atoms with Crippen molar-refractivity contribution in [3.05, 3.63) is 59.9 Å². The second kappa shape index (κ2) is 6.15. The molecule has 0 spiro atoms. The SMILES string of the molecule is C1=Cc2cc(-c3ccncc3)ccc2CC1.CC. The number of hydrogen-bond donors (Lipinski definition) is 0. The first-order valence-corrected chi connectivity index (χ1v) is 6.63. The molecule has 2 aromatic rings. The molecule has 1 aromatic heterocycles. The fraction of sp³-hybridized carbons (Fsp3) is 0.235. The van der Waals surface area contributed by atoms with Crippen LogP contribution in [0.3, 0.4) is 0 Å². The molecule has 1 aliphatic rings. The van der Waals surface area contributed by atoms with Crippen molar-refractivity contribution in [3.8, 4) is 11.1 Å². The molecule has 0 unspecified atom stereocenters. The lowest BCUT2D eigenvalue weighted by atomic mass is 9.94. The van der Waals surface area contributed by atoms with Crippen LogP contribution in [0.5, 0.6) is 0 Å². The minimum atomic E-state index is 1.17. The maximum Gasteiger partial charge on any atom is 0.0273 e. The molecule has 1 aliphatic carbocycles. The van der Waals surface area contributed by atoms with Crippen molar-refractivity contribution in [2.24, 2.45) is 0 Å². The van der Waals surface area contributed by atoms with Crippen molar-refractivity contribution in [1.82, 2.24) is 4.98 Å². The molecule has 1 heteroatoms. The quantitative estimate of drug-likeness (QED) is 0.698. The van der Waals surface area contributed by atoms with Crippen LogP contribution >= 0.6 is 0 Å². The topological polar surface area (TPSA) is 12.9 Å². The van der Waals surface area contributed by atoms with E-state index in [2.05, 4.69) is 35.3 Å². The molecule has 3 rings (SSSR count). The maximum absolute atomic E-state index is 4.04. The van der Waals surface area contributed by atoms with Gasteiger partial charge in [0.05, 0.1) is 0 Å². The molecule has 0 saturated carbocycles. The van der Waals surface area contributed by atoms with E-state index in [1.54, 1.807) is 0 Å². The van der Waals surface area contributed by atoms with Gasteiger partial charge in [0.2, 0.25) is 0 Å². The zero-order valence-electron chi connectivity index (χ0n) is 11.1. The number of pyridine rings is 1. The van der Waals surface area contributed by atoms with Crippen molar-refractivity contribution in [1.29, 1.82) is 0 Å². The Kier molecular flexibility index (Phi) is 4.30. The Hall–Kier alpha value is -1.89. The molecule has 0 amide bonds. The van der Waals surface area contributed by atoms with Gasteiger partial charge in [0.25, 0.3) is 0 Å². The minimum absolute atomic E-state index is 1.17. The van der Waals surface area contributed by atoms with Gasteiger partial charge in [-0.05, 0) is 53.3 Å². The molecule has 92 valence electrons. The van der Waals surface area contributed by atoms with E-state index in [0.29, 0.717) is 0 Å². The van der Waals surface area contributed by atoms with Crippen molar-refractivity contribution < 1.29 is 0 Å². The van der Waals surface area contributed by atoms with Crippen LogP contribution in [-0.2, 0) is 6.42 Å². The van der Waals surface area contributed by atoms with Crippen LogP contribution in [0.4, 0.5) is 0 Å². The van der Waals surface area contributed by atoms with Gasteiger partial charge in [-0.2, -0.15) is 0 Å². The van der Waals surface area contributed by atoms with Gasteiger partial charge in [-0.25, -0.2) is 0 Å². The second-order valence-electron chi connectivity index (χ2n) is 4.09. The molecule has 0 atom stereocenters. The summed E-state index contributed by atoms with van der Waals surface area (Å²) in [5.74, 6) is 0. The smallest absolute Gasteiger partial charge is 0.0273 e. The van der Waals surface area contributed by atoms with Gasteiger partial charge >= 0.3 is 0 Å². The van der Waals surface area contributed by atoms with E-state index >= 15 is 0 Å². The van der Waals surface area contributed by atoms with E-state index in [1.165, 1.54) is 35.1 Å². The van der Waals surface area contributed by atoms with Crippen LogP contribution in [0.15, 0.2) is 48.8 Å². The summed E-state index contributed by atoms with van der Waals surface area (Å²) < 4.78 is 0. The third-order valence-corrected chi connectivity index (χ3v) is 3.04. The summed E-state index contributed by atoms with van der Waals surface area (Å²) in [4.78, 5) is 4.04. The third-order valence-electron chi connectivity index (χ3n) is 3.04. The molecule has 1 heterocycles. The first-order valence-electron chi connectivity index (χ1n) is 6.63. The number of allylic oxidation sites excluding steroid dienone is 1. The van der Waals surface area contributed by atoms with Crippen LogP contribution in [0.1, 0.15) is 31.4 Å². The summed E-state index contributed by atoms with van der Waals surface area (Å²) in [5.41, 5.74) is 5.32. The van der Waals surface area contributed by atoms with E-state index in [1.807, 2.05) is 38.4 Å². The number of aryl methyl sites for hydroxylation is 1. The number of aromatic nitrogens is 1. The molecular formula is C17H19N. The summed E-state index contributed by atoms with van der Waals surface area (Å²) in [6, 6.07) is 10.8. The van der Waals surface area contributed by atoms with Crippen molar-refractivity contribution in [3.63, 3.8) is 0 Å². The Morgan fingerprint density at radius 2 is 1.72 bits per heavy atom. The van der Waals surface area contributed by atoms with Gasteiger partial charge in [-0.15, -0.1) is 0 Å². The van der Waals surface area contributed by atoms with Gasteiger partial charge in [0.15, 0.2) is 0 Å². The van der Waals surface area contributed by atoms with Gasteiger partial charge in [0, 0.05) is 12.4 Å². The van der Waals surface area contributed by atoms with Crippen molar-refractivity contribution in [2.45, 2.75) is 26.7 Å². The molecule has 0 radical (unpaired) electrons. The summed E-state index contributed by atoms with van der Waals surface area (Å²) in [5, 5.41) is 0. The largest absolute Gasteiger partial charge is 0.265 e. The molecule has 0 N–H and O–H groups in total. The summed E-state index contributed by atoms with van der Waals surface area (Å²) in [6.45, 7) is 4.00. The number of nitrogens with zero attached hydrogens (tertiary/aromatic N) is 1. The number of rotatable bonds is 1. The Balaban J connectivity index is 0.000000574. The van der Waals surface area contributed by atoms with E-state index in [0.717, 1.165) is 0 Å². The maximum atomic E-state index is 4.04. The lowest BCUT2D eigenvalue weighted by molar-refractivity contribution is 0.986. The summed E-state index contributed by atoms with van der Waals surface area (Å²) in [6.07, 6.45) is 10.5. The zero-order valence-corrected chi connectivity index (χ0v) is 11.1. The van der Waals surface area contributed by atoms with Crippen LogP contribution in [0, 0.1) is 0 Å². The van der Waals surface area contributed by atoms with Crippen molar-refractivity contribution >= 4 is 6.08 Å². The van der Waals surface area contributed by atoms with E-state index < -0.39 is 0 Å². The van der Waals surface area contributed by atoms with E-state index in [9.17, 15) is 0 Å². The third kappa shape index (κ3) is 2.67. The average molecular weight is 237 g/mol. The zero-order chi connectivity index (χ0) is 12.8. The fourth-order valence-corrected chi connectivity index (χ4v) is 2.15. The van der Waals surface area contributed by atoms with Gasteiger partial charge < -0.3 is 0 Å². The van der Waals surface area contributed by atoms with Crippen LogP contribution < -0.4 is 0 Å². The Labute approximate surface area is 109 Å². The molecule has 0 saturated heterocycles. The predicted molar refractivity (Wildman–Crippen MR) is 78.4 cm³/mol. The molecule has 0 fully saturated rings. The highest BCUT2D eigenvalue weighted by Crippen LogP contribution is 2.25. The molecule has 1 aromatic carbocycles. The van der Waals surface area contributed by atoms with Gasteiger partial charge in [-0.1, -0.05) is 38.1 Å². The van der Waals surface area contributed by atoms with Crippen LogP contribution in [-0.4, -0.2) is 4.98 Å². The summed E-state index contributed by atoms with van der Waals surface area (Å²) >= 11 is 0. The molecule has 18 heavy (non-hydrogen) atoms. The van der Waals surface area contributed by atoms with E-state index in [4.69, 9.17) is 0 Å². The Bertz CT molecular complexity index is 527. The van der Waals surface area contributed by atoms with Crippen LogP contribution in [0.25, 0.3) is 17.2 Å². The molecular weight excluding hydrogens is 218 g/mol. The monoisotopic (exact) mass is 237 g/mol. The molecule has 0 bridgehead atoms. The Morgan fingerprint density at radius 3 is 2.50 bits per heavy atom. The van der Waals surface area contributed by atoms with Crippen molar-refractivity contribution in [2.75, 3.05) is 0 Å². The Morgan fingerprint density at radius 1 is 0.944 bits per heavy atom. The number of hydrogen-bond acceptors (Lipinski definition) is 1. The first-order chi connectivity index (χ1) is 8.93. The number of benzene rings is 1. The first kappa shape index (κ1) is 12.6. The highest BCUT2D eigenvalue weighted by atomic mass is 14.6. The standard InChI is InChI=1S/C15H13N.C2H6/c1-2-4-14-11-15(6-5-12(14)3-1)13-7-9-16-10-8-13;1-2/h2,4-11H,1,3H2;1-2H3.